The number of hydrogen-bond donors (Lipinski definition) is 2. The third-order valence-corrected chi connectivity index (χ3v) is 3.07. The Kier molecular flexibility index (Phi) is 4.49. The summed E-state index contributed by atoms with van der Waals surface area (Å²) in [6.07, 6.45) is -4.73. The van der Waals surface area contributed by atoms with Crippen LogP contribution >= 0.6 is 11.3 Å². The molecule has 5 nitrogen and oxygen atoms in total. The maximum Gasteiger partial charge on any atom is 0.445 e. The first-order valence-corrected chi connectivity index (χ1v) is 5.91. The molecule has 0 aromatic carbocycles. The quantitative estimate of drug-likeness (QED) is 0.868. The van der Waals surface area contributed by atoms with Gasteiger partial charge in [-0.05, 0) is 5.92 Å². The summed E-state index contributed by atoms with van der Waals surface area (Å²) in [5, 5.41) is 16.6. The second kappa shape index (κ2) is 5.51. The van der Waals surface area contributed by atoms with Crippen molar-refractivity contribution >= 4 is 22.4 Å². The standard InChI is InChI=1S/C9H12F3N3O2S/c1-4(2)5(3-6(16)17)13-8-15-14-7(18-8)9(10,11)12/h4-5H,3H2,1-2H3,(H,13,15)(H,16,17). The molecule has 0 amide bonds. The fourth-order valence-electron chi connectivity index (χ4n) is 1.20. The Bertz CT molecular complexity index is 419. The maximum atomic E-state index is 12.3. The van der Waals surface area contributed by atoms with Gasteiger partial charge in [0.15, 0.2) is 0 Å². The van der Waals surface area contributed by atoms with E-state index in [1.54, 1.807) is 13.8 Å². The van der Waals surface area contributed by atoms with Gasteiger partial charge < -0.3 is 10.4 Å². The number of carboxylic acids is 1. The zero-order chi connectivity index (χ0) is 13.9. The van der Waals surface area contributed by atoms with Crippen molar-refractivity contribution in [2.24, 2.45) is 5.92 Å². The van der Waals surface area contributed by atoms with Gasteiger partial charge in [-0.3, -0.25) is 4.79 Å². The van der Waals surface area contributed by atoms with Crippen LogP contribution in [-0.4, -0.2) is 27.3 Å². The lowest BCUT2D eigenvalue weighted by atomic mass is 10.0. The van der Waals surface area contributed by atoms with Crippen molar-refractivity contribution in [1.29, 1.82) is 0 Å². The highest BCUT2D eigenvalue weighted by Crippen LogP contribution is 2.33. The lowest BCUT2D eigenvalue weighted by molar-refractivity contribution is -0.138. The highest BCUT2D eigenvalue weighted by molar-refractivity contribution is 7.15. The van der Waals surface area contributed by atoms with E-state index in [-0.39, 0.29) is 17.5 Å². The van der Waals surface area contributed by atoms with Gasteiger partial charge in [-0.25, -0.2) is 0 Å². The summed E-state index contributed by atoms with van der Waals surface area (Å²) in [6, 6.07) is -0.489. The van der Waals surface area contributed by atoms with Crippen LogP contribution in [0.15, 0.2) is 0 Å². The van der Waals surface area contributed by atoms with E-state index in [9.17, 15) is 18.0 Å². The Morgan fingerprint density at radius 3 is 2.44 bits per heavy atom. The molecular weight excluding hydrogens is 271 g/mol. The first-order chi connectivity index (χ1) is 8.20. The Labute approximate surface area is 105 Å². The molecule has 1 rings (SSSR count). The number of aromatic nitrogens is 2. The van der Waals surface area contributed by atoms with Crippen molar-refractivity contribution in [3.05, 3.63) is 5.01 Å². The van der Waals surface area contributed by atoms with Gasteiger partial charge in [-0.1, -0.05) is 25.2 Å². The smallest absolute Gasteiger partial charge is 0.445 e. The van der Waals surface area contributed by atoms with E-state index in [4.69, 9.17) is 5.11 Å². The molecule has 1 atom stereocenters. The van der Waals surface area contributed by atoms with Crippen LogP contribution in [-0.2, 0) is 11.0 Å². The number of rotatable bonds is 5. The lowest BCUT2D eigenvalue weighted by Gasteiger charge is -2.19. The fourth-order valence-corrected chi connectivity index (χ4v) is 1.87. The number of halogens is 3. The molecule has 0 saturated carbocycles. The zero-order valence-corrected chi connectivity index (χ0v) is 10.5. The topological polar surface area (TPSA) is 75.1 Å². The van der Waals surface area contributed by atoms with Gasteiger partial charge in [0, 0.05) is 6.04 Å². The van der Waals surface area contributed by atoms with Crippen molar-refractivity contribution in [2.45, 2.75) is 32.5 Å². The lowest BCUT2D eigenvalue weighted by Crippen LogP contribution is -2.28. The fraction of sp³-hybridized carbons (Fsp3) is 0.667. The third-order valence-electron chi connectivity index (χ3n) is 2.18. The van der Waals surface area contributed by atoms with Gasteiger partial charge in [0.1, 0.15) is 0 Å². The minimum atomic E-state index is -4.53. The summed E-state index contributed by atoms with van der Waals surface area (Å²) < 4.78 is 36.9. The highest BCUT2D eigenvalue weighted by atomic mass is 32.1. The molecule has 18 heavy (non-hydrogen) atoms. The number of aliphatic carboxylic acids is 1. The molecule has 0 aliphatic carbocycles. The molecule has 0 bridgehead atoms. The Balaban J connectivity index is 2.76. The molecule has 2 N–H and O–H groups in total. The molecule has 0 spiro atoms. The summed E-state index contributed by atoms with van der Waals surface area (Å²) in [5.74, 6) is -1.08. The Morgan fingerprint density at radius 2 is 2.06 bits per heavy atom. The van der Waals surface area contributed by atoms with Crippen LogP contribution in [0.3, 0.4) is 0 Å². The third kappa shape index (κ3) is 4.13. The van der Waals surface area contributed by atoms with Gasteiger partial charge >= 0.3 is 12.1 Å². The van der Waals surface area contributed by atoms with Crippen molar-refractivity contribution in [1.82, 2.24) is 10.2 Å². The molecule has 1 aromatic heterocycles. The number of nitrogens with one attached hydrogen (secondary N) is 1. The van der Waals surface area contributed by atoms with Crippen LogP contribution in [0.4, 0.5) is 18.3 Å². The first kappa shape index (κ1) is 14.7. The Morgan fingerprint density at radius 1 is 1.44 bits per heavy atom. The normalized spacial score (nSPS) is 13.7. The maximum absolute atomic E-state index is 12.3. The van der Waals surface area contributed by atoms with Gasteiger partial charge in [0.25, 0.3) is 0 Å². The number of hydrogen-bond acceptors (Lipinski definition) is 5. The number of carbonyl (C=O) groups is 1. The van der Waals surface area contributed by atoms with Crippen LogP contribution in [0.25, 0.3) is 0 Å². The number of nitrogens with zero attached hydrogens (tertiary/aromatic N) is 2. The zero-order valence-electron chi connectivity index (χ0n) is 9.65. The van der Waals surface area contributed by atoms with Gasteiger partial charge in [-0.15, -0.1) is 10.2 Å². The van der Waals surface area contributed by atoms with E-state index in [0.717, 1.165) is 0 Å². The van der Waals surface area contributed by atoms with Crippen molar-refractivity contribution in [3.8, 4) is 0 Å². The van der Waals surface area contributed by atoms with Gasteiger partial charge in [0.2, 0.25) is 10.1 Å². The van der Waals surface area contributed by atoms with E-state index in [0.29, 0.717) is 11.3 Å². The van der Waals surface area contributed by atoms with E-state index < -0.39 is 23.2 Å². The molecular formula is C9H12F3N3O2S. The minimum absolute atomic E-state index is 0.0257. The second-order valence-corrected chi connectivity index (χ2v) is 4.98. The van der Waals surface area contributed by atoms with Gasteiger partial charge in [-0.2, -0.15) is 13.2 Å². The molecule has 102 valence electrons. The minimum Gasteiger partial charge on any atom is -0.481 e. The van der Waals surface area contributed by atoms with Crippen LogP contribution in [0.1, 0.15) is 25.3 Å². The van der Waals surface area contributed by atoms with E-state index >= 15 is 0 Å². The summed E-state index contributed by atoms with van der Waals surface area (Å²) >= 11 is 0.361. The molecule has 0 aliphatic heterocycles. The predicted octanol–water partition coefficient (Wildman–Crippen LogP) is 2.47. The summed E-state index contributed by atoms with van der Waals surface area (Å²) in [7, 11) is 0. The molecule has 1 unspecified atom stereocenters. The average molecular weight is 283 g/mol. The Hall–Kier alpha value is -1.38. The predicted molar refractivity (Wildman–Crippen MR) is 59.4 cm³/mol. The molecule has 9 heteroatoms. The van der Waals surface area contributed by atoms with E-state index in [1.807, 2.05) is 0 Å². The highest BCUT2D eigenvalue weighted by Gasteiger charge is 2.36. The molecule has 0 radical (unpaired) electrons. The summed E-state index contributed by atoms with van der Waals surface area (Å²) in [4.78, 5) is 10.6. The number of anilines is 1. The summed E-state index contributed by atoms with van der Waals surface area (Å²) in [5.41, 5.74) is 0. The number of carboxylic acid groups (broad SMARTS) is 1. The van der Waals surface area contributed by atoms with Crippen molar-refractivity contribution in [2.75, 3.05) is 5.32 Å². The molecule has 0 fully saturated rings. The molecule has 0 saturated heterocycles. The van der Waals surface area contributed by atoms with Crippen LogP contribution in [0, 0.1) is 5.92 Å². The number of alkyl halides is 3. The van der Waals surface area contributed by atoms with Crippen LogP contribution < -0.4 is 5.32 Å². The van der Waals surface area contributed by atoms with Crippen molar-refractivity contribution in [3.63, 3.8) is 0 Å². The monoisotopic (exact) mass is 283 g/mol. The molecule has 1 heterocycles. The van der Waals surface area contributed by atoms with Gasteiger partial charge in [0.05, 0.1) is 6.42 Å². The van der Waals surface area contributed by atoms with Crippen molar-refractivity contribution < 1.29 is 23.1 Å². The summed E-state index contributed by atoms with van der Waals surface area (Å²) in [6.45, 7) is 3.54. The van der Waals surface area contributed by atoms with E-state index in [1.165, 1.54) is 0 Å². The first-order valence-electron chi connectivity index (χ1n) is 5.09. The average Bonchev–Trinajstić information content (AvgIpc) is 2.63. The second-order valence-electron chi connectivity index (χ2n) is 4.00. The van der Waals surface area contributed by atoms with Crippen LogP contribution in [0.2, 0.25) is 0 Å². The SMILES string of the molecule is CC(C)C(CC(=O)O)Nc1nnc(C(F)(F)F)s1. The largest absolute Gasteiger partial charge is 0.481 e. The van der Waals surface area contributed by atoms with E-state index in [2.05, 4.69) is 15.5 Å². The molecule has 1 aromatic rings. The molecule has 0 aliphatic rings. The van der Waals surface area contributed by atoms with Crippen LogP contribution in [0.5, 0.6) is 0 Å².